The van der Waals surface area contributed by atoms with Gasteiger partial charge in [-0.1, -0.05) is 18.2 Å². The zero-order valence-electron chi connectivity index (χ0n) is 23.3. The minimum atomic E-state index is -0.439. The summed E-state index contributed by atoms with van der Waals surface area (Å²) in [4.78, 5) is 48.6. The highest BCUT2D eigenvalue weighted by Gasteiger charge is 2.33. The molecule has 11 heteroatoms. The molecule has 2 aromatic rings. The Labute approximate surface area is 240 Å². The molecule has 40 heavy (non-hydrogen) atoms. The van der Waals surface area contributed by atoms with Crippen molar-refractivity contribution in [2.75, 3.05) is 40.9 Å². The zero-order valence-corrected chi connectivity index (χ0v) is 24.1. The quantitative estimate of drug-likeness (QED) is 0.279. The zero-order chi connectivity index (χ0) is 29.5. The Morgan fingerprint density at radius 2 is 1.85 bits per heavy atom. The van der Waals surface area contributed by atoms with Crippen molar-refractivity contribution in [3.8, 4) is 12.6 Å². The van der Waals surface area contributed by atoms with Gasteiger partial charge in [-0.15, -0.1) is 11.3 Å². The first-order valence-corrected chi connectivity index (χ1v) is 13.9. The first-order valence-electron chi connectivity index (χ1n) is 13.0. The van der Waals surface area contributed by atoms with E-state index in [9.17, 15) is 19.6 Å². The van der Waals surface area contributed by atoms with Crippen molar-refractivity contribution in [3.05, 3.63) is 51.2 Å². The molecule has 1 aromatic carbocycles. The molecule has 2 aliphatic heterocycles. The molecule has 1 unspecified atom stereocenters. The van der Waals surface area contributed by atoms with Gasteiger partial charge in [0.05, 0.1) is 29.6 Å². The number of thiophene rings is 1. The summed E-state index contributed by atoms with van der Waals surface area (Å²) in [5.41, 5.74) is 1.98. The molecule has 10 nitrogen and oxygen atoms in total. The molecule has 1 aromatic heterocycles. The molecule has 0 saturated carbocycles. The number of rotatable bonds is 7. The molecule has 2 aliphatic rings. The number of amides is 2. The maximum Gasteiger partial charge on any atom is 0.266 e. The number of methoxy groups -OCH3 is 1. The average Bonchev–Trinajstić information content (AvgIpc) is 3.65. The molecule has 0 aliphatic carbocycles. The van der Waals surface area contributed by atoms with Crippen molar-refractivity contribution in [2.24, 2.45) is 4.99 Å². The summed E-state index contributed by atoms with van der Waals surface area (Å²) in [6.07, 6.45) is 7.35. The number of likely N-dealkylation sites (tertiary alicyclic amines) is 2. The van der Waals surface area contributed by atoms with Gasteiger partial charge in [-0.05, 0) is 43.7 Å². The van der Waals surface area contributed by atoms with E-state index in [-0.39, 0.29) is 18.4 Å². The minimum absolute atomic E-state index is 0.262. The van der Waals surface area contributed by atoms with E-state index in [1.54, 1.807) is 54.9 Å². The van der Waals surface area contributed by atoms with Crippen LogP contribution in [-0.4, -0.2) is 86.1 Å². The normalized spacial score (nSPS) is 16.2. The van der Waals surface area contributed by atoms with Gasteiger partial charge in [-0.3, -0.25) is 9.59 Å². The Morgan fingerprint density at radius 3 is 2.50 bits per heavy atom. The van der Waals surface area contributed by atoms with Crippen molar-refractivity contribution in [1.82, 2.24) is 14.7 Å². The lowest BCUT2D eigenvalue weighted by Crippen LogP contribution is -2.36. The predicted octanol–water partition coefficient (Wildman–Crippen LogP) is 4.24. The molecular formula is C29H36N6O4S. The van der Waals surface area contributed by atoms with Crippen LogP contribution in [0.25, 0.3) is 0 Å². The van der Waals surface area contributed by atoms with E-state index >= 15 is 0 Å². The number of aldehydes is 1. The second-order valence-corrected chi connectivity index (χ2v) is 10.2. The fraction of sp³-hybridized carbons (Fsp3) is 0.448. The molecular weight excluding hydrogens is 528 g/mol. The monoisotopic (exact) mass is 564 g/mol. The van der Waals surface area contributed by atoms with E-state index in [4.69, 9.17) is 5.26 Å². The van der Waals surface area contributed by atoms with Gasteiger partial charge in [0.2, 0.25) is 0 Å². The van der Waals surface area contributed by atoms with E-state index in [0.717, 1.165) is 44.2 Å². The second kappa shape index (κ2) is 16.8. The van der Waals surface area contributed by atoms with Gasteiger partial charge in [-0.2, -0.15) is 5.26 Å². The Kier molecular flexibility index (Phi) is 13.5. The van der Waals surface area contributed by atoms with E-state index in [1.807, 2.05) is 12.1 Å². The molecule has 0 spiro atoms. The van der Waals surface area contributed by atoms with Gasteiger partial charge < -0.3 is 24.2 Å². The number of hydrogen-bond acceptors (Lipinski definition) is 8. The highest BCUT2D eigenvalue weighted by molar-refractivity contribution is 7.13. The molecule has 0 N–H and O–H groups in total. The molecule has 4 rings (SSSR count). The third-order valence-electron chi connectivity index (χ3n) is 6.54. The number of ether oxygens (including phenoxy) is 1. The average molecular weight is 565 g/mol. The molecule has 3 heterocycles. The molecule has 2 fully saturated rings. The van der Waals surface area contributed by atoms with Crippen LogP contribution in [0.15, 0.2) is 34.6 Å². The summed E-state index contributed by atoms with van der Waals surface area (Å²) in [5.74, 6) is -0.529. The number of carbonyl (C=O) groups excluding carboxylic acids is 3. The lowest BCUT2D eigenvalue weighted by atomic mass is 10.1. The third-order valence-corrected chi connectivity index (χ3v) is 7.50. The first kappa shape index (κ1) is 32.2. The number of nitriles is 2. The topological polar surface area (TPSA) is 130 Å². The van der Waals surface area contributed by atoms with E-state index in [0.29, 0.717) is 34.7 Å². The van der Waals surface area contributed by atoms with E-state index in [1.165, 1.54) is 17.8 Å². The van der Waals surface area contributed by atoms with Crippen LogP contribution in [0.1, 0.15) is 63.3 Å². The maximum atomic E-state index is 13.5. The van der Waals surface area contributed by atoms with E-state index < -0.39 is 6.04 Å². The van der Waals surface area contributed by atoms with Gasteiger partial charge in [-0.25, -0.2) is 10.3 Å². The van der Waals surface area contributed by atoms with Crippen LogP contribution in [0.2, 0.25) is 0 Å². The number of nitrogens with zero attached hydrogens (tertiary/aromatic N) is 6. The number of aliphatic imine (C=N–C) groups is 1. The molecule has 0 radical (unpaired) electrons. The number of hydrogen-bond donors (Lipinski definition) is 0. The maximum absolute atomic E-state index is 13.5. The summed E-state index contributed by atoms with van der Waals surface area (Å²) in [5, 5.41) is 17.6. The molecule has 0 bridgehead atoms. The third kappa shape index (κ3) is 8.22. The van der Waals surface area contributed by atoms with Crippen LogP contribution in [0.4, 0.5) is 5.69 Å². The number of piperidine rings is 1. The van der Waals surface area contributed by atoms with Crippen molar-refractivity contribution in [1.29, 1.82) is 10.5 Å². The highest BCUT2D eigenvalue weighted by atomic mass is 32.1. The minimum Gasteiger partial charge on any atom is -0.388 e. The SMILES string of the molecule is C#N.CN(Cc1ccccc1C#N)C(=O)c1scc(C(=O)N2CCCC2C=O)c1N=CN1CCCCC1.COC. The van der Waals surface area contributed by atoms with E-state index in [2.05, 4.69) is 27.3 Å². The number of benzene rings is 1. The Morgan fingerprint density at radius 1 is 1.18 bits per heavy atom. The predicted molar refractivity (Wildman–Crippen MR) is 155 cm³/mol. The largest absolute Gasteiger partial charge is 0.388 e. The smallest absolute Gasteiger partial charge is 0.266 e. The summed E-state index contributed by atoms with van der Waals surface area (Å²) >= 11 is 1.19. The lowest BCUT2D eigenvalue weighted by molar-refractivity contribution is -0.111. The fourth-order valence-corrected chi connectivity index (χ4v) is 5.54. The summed E-state index contributed by atoms with van der Waals surface area (Å²) in [6.45, 7) is 6.06. The Balaban J connectivity index is 0.00000105. The number of carbonyl (C=O) groups is 3. The van der Waals surface area contributed by atoms with Gasteiger partial charge in [0, 0.05) is 59.4 Å². The van der Waals surface area contributed by atoms with Gasteiger partial charge in [0.15, 0.2) is 0 Å². The fourth-order valence-electron chi connectivity index (χ4n) is 4.57. The molecule has 2 saturated heterocycles. The Bertz CT molecular complexity index is 1230. The highest BCUT2D eigenvalue weighted by Crippen LogP contribution is 2.35. The molecule has 212 valence electrons. The van der Waals surface area contributed by atoms with Gasteiger partial charge >= 0.3 is 0 Å². The van der Waals surface area contributed by atoms with Crippen LogP contribution in [0, 0.1) is 23.2 Å². The van der Waals surface area contributed by atoms with Gasteiger partial charge in [0.1, 0.15) is 16.9 Å². The van der Waals surface area contributed by atoms with Crippen molar-refractivity contribution >= 4 is 41.5 Å². The van der Waals surface area contributed by atoms with Crippen LogP contribution in [0.3, 0.4) is 0 Å². The van der Waals surface area contributed by atoms with Crippen molar-refractivity contribution < 1.29 is 19.1 Å². The van der Waals surface area contributed by atoms with Crippen LogP contribution in [-0.2, 0) is 16.1 Å². The first-order chi connectivity index (χ1) is 19.4. The standard InChI is InChI=1S/C26H29N5O3S.C2H6O.CHN/c1-29(15-20-9-4-3-8-19(20)14-27)26(34)24-23(28-18-30-11-5-2-6-12-30)22(17-35-24)25(33)31-13-7-10-21(31)16-32;1-3-2;1-2/h3-4,8-9,16-18,21H,2,5-7,10-13,15H2,1H3;1-2H3;1H. The van der Waals surface area contributed by atoms with Crippen LogP contribution < -0.4 is 0 Å². The van der Waals surface area contributed by atoms with Crippen molar-refractivity contribution in [2.45, 2.75) is 44.7 Å². The summed E-state index contributed by atoms with van der Waals surface area (Å²) in [6, 6.07) is 8.91. The van der Waals surface area contributed by atoms with Gasteiger partial charge in [0.25, 0.3) is 11.8 Å². The molecule has 1 atom stereocenters. The lowest BCUT2D eigenvalue weighted by Gasteiger charge is -2.24. The Hall–Kier alpha value is -4.06. The summed E-state index contributed by atoms with van der Waals surface area (Å²) < 4.78 is 4.25. The summed E-state index contributed by atoms with van der Waals surface area (Å²) in [7, 11) is 4.93. The van der Waals surface area contributed by atoms with Crippen LogP contribution in [0.5, 0.6) is 0 Å². The second-order valence-electron chi connectivity index (χ2n) is 9.35. The molecule has 2 amide bonds. The van der Waals surface area contributed by atoms with Crippen LogP contribution >= 0.6 is 11.3 Å². The van der Waals surface area contributed by atoms with Crippen molar-refractivity contribution in [3.63, 3.8) is 0 Å².